The molecule has 14 nitrogen and oxygen atoms in total. The Morgan fingerprint density at radius 1 is 0.894 bits per heavy atom. The number of hydrogen-bond acceptors (Lipinski definition) is 13. The second-order valence-electron chi connectivity index (χ2n) is 20.0. The normalized spacial score (nSPS) is 34.3. The zero-order chi connectivity index (χ0) is 46.7. The summed E-state index contributed by atoms with van der Waals surface area (Å²) in [6.45, 7) is 8.39. The summed E-state index contributed by atoms with van der Waals surface area (Å²) in [7, 11) is 6.11. The minimum atomic E-state index is -2.34. The second kappa shape index (κ2) is 15.6. The third kappa shape index (κ3) is 5.96. The molecule has 1 aromatic heterocycles. The van der Waals surface area contributed by atoms with Gasteiger partial charge in [-0.15, -0.1) is 0 Å². The number of phenols is 1. The van der Waals surface area contributed by atoms with Crippen molar-refractivity contribution >= 4 is 34.5 Å². The number of nitrogens with zero attached hydrogens (tertiary/aromatic N) is 3. The van der Waals surface area contributed by atoms with E-state index < -0.39 is 57.5 Å². The van der Waals surface area contributed by atoms with Crippen molar-refractivity contribution < 1.29 is 48.7 Å². The first-order valence-electron chi connectivity index (χ1n) is 23.4. The molecule has 14 heteroatoms. The van der Waals surface area contributed by atoms with E-state index >= 15 is 4.79 Å². The van der Waals surface area contributed by atoms with Gasteiger partial charge in [-0.05, 0) is 104 Å². The predicted molar refractivity (Wildman–Crippen MR) is 248 cm³/mol. The highest BCUT2D eigenvalue weighted by Gasteiger charge is 2.80. The summed E-state index contributed by atoms with van der Waals surface area (Å²) in [5.74, 6) is -1.57. The topological polar surface area (TPSA) is 174 Å². The number of phenolic OH excluding ortho intramolecular Hbond substituents is 1. The molecule has 10 atom stereocenters. The Morgan fingerprint density at radius 2 is 1.67 bits per heavy atom. The Labute approximate surface area is 385 Å². The average molecular weight is 903 g/mol. The van der Waals surface area contributed by atoms with Crippen LogP contribution in [0.15, 0.2) is 66.7 Å². The molecule has 10 rings (SSSR count). The van der Waals surface area contributed by atoms with Crippen molar-refractivity contribution in [2.75, 3.05) is 66.0 Å². The molecule has 4 aromatic rings. The smallest absolute Gasteiger partial charge is 0.344 e. The van der Waals surface area contributed by atoms with E-state index in [1.54, 1.807) is 19.2 Å². The number of carbonyl (C=O) groups is 3. The van der Waals surface area contributed by atoms with Crippen LogP contribution >= 0.6 is 0 Å². The number of anilines is 1. The van der Waals surface area contributed by atoms with Gasteiger partial charge in [-0.25, -0.2) is 4.79 Å². The number of aromatic nitrogens is 1. The van der Waals surface area contributed by atoms with Crippen molar-refractivity contribution in [1.82, 2.24) is 14.8 Å². The van der Waals surface area contributed by atoms with E-state index in [1.807, 2.05) is 68.3 Å². The van der Waals surface area contributed by atoms with Crippen molar-refractivity contribution in [2.24, 2.45) is 11.3 Å². The van der Waals surface area contributed by atoms with Crippen LogP contribution in [0, 0.1) is 11.3 Å². The van der Waals surface area contributed by atoms with Crippen LogP contribution in [0.25, 0.3) is 22.0 Å². The van der Waals surface area contributed by atoms with E-state index in [9.17, 15) is 24.9 Å². The van der Waals surface area contributed by atoms with Gasteiger partial charge in [0.25, 0.3) is 0 Å². The van der Waals surface area contributed by atoms with Gasteiger partial charge < -0.3 is 44.2 Å². The third-order valence-corrected chi connectivity index (χ3v) is 16.9. The van der Waals surface area contributed by atoms with E-state index in [0.29, 0.717) is 87.5 Å². The number of rotatable bonds is 8. The van der Waals surface area contributed by atoms with E-state index in [2.05, 4.69) is 26.9 Å². The number of hydrogen-bond donors (Lipinski definition) is 4. The molecule has 6 aliphatic rings. The number of methoxy groups -OCH3 is 3. The first-order valence-corrected chi connectivity index (χ1v) is 23.4. The summed E-state index contributed by atoms with van der Waals surface area (Å²) in [5, 5.41) is 37.0. The largest absolute Gasteiger partial charge is 0.508 e. The second-order valence-corrected chi connectivity index (χ2v) is 20.0. The summed E-state index contributed by atoms with van der Waals surface area (Å²) in [6, 6.07) is 16.0. The maximum Gasteiger partial charge on any atom is 0.344 e. The summed E-state index contributed by atoms with van der Waals surface area (Å²) >= 11 is 0. The molecule has 2 saturated heterocycles. The van der Waals surface area contributed by atoms with Crippen LogP contribution in [0.2, 0.25) is 0 Å². The van der Waals surface area contributed by atoms with Gasteiger partial charge in [0.15, 0.2) is 6.10 Å². The molecule has 66 heavy (non-hydrogen) atoms. The molecule has 1 unspecified atom stereocenters. The summed E-state index contributed by atoms with van der Waals surface area (Å²) in [5.41, 5.74) is -0.452. The molecule has 1 saturated carbocycles. The maximum atomic E-state index is 15.6. The minimum Gasteiger partial charge on any atom is -0.508 e. The first-order chi connectivity index (χ1) is 31.6. The number of carbonyl (C=O) groups excluding carboxylic acids is 3. The molecule has 0 amide bonds. The number of aliphatic hydroxyl groups is 2. The SMILES string of the molecule is CC[C@]1(O)C[C@H]2CN(CCc3c([nH]c4ccc(-c5cccc(O)c5)cc34)[C@@](C(=O)OC)(c3cc4c(cc3OC)N(C)[C@H]3[C@@](O)(C(=O)OC)[C@H](OC(C)=O)[C@]5(CC)C=CCN6CC[C@]43[C@@H]65)C2)C1. The molecule has 350 valence electrons. The molecule has 1 aliphatic carbocycles. The molecule has 1 spiro atoms. The predicted octanol–water partition coefficient (Wildman–Crippen LogP) is 5.36. The van der Waals surface area contributed by atoms with E-state index in [-0.39, 0.29) is 24.1 Å². The molecule has 3 aromatic carbocycles. The number of benzene rings is 3. The van der Waals surface area contributed by atoms with Gasteiger partial charge in [0, 0.05) is 90.9 Å². The molecule has 4 N–H and O–H groups in total. The van der Waals surface area contributed by atoms with Gasteiger partial charge in [-0.3, -0.25) is 19.4 Å². The highest BCUT2D eigenvalue weighted by atomic mass is 16.6. The number of fused-ring (bicyclic) bond motifs is 6. The Morgan fingerprint density at radius 3 is 2.36 bits per heavy atom. The van der Waals surface area contributed by atoms with Gasteiger partial charge in [0.2, 0.25) is 5.60 Å². The van der Waals surface area contributed by atoms with Crippen molar-refractivity contribution in [3.05, 3.63) is 89.1 Å². The number of piperidine rings is 1. The van der Waals surface area contributed by atoms with Crippen LogP contribution in [0.4, 0.5) is 5.69 Å². The highest BCUT2D eigenvalue weighted by molar-refractivity contribution is 5.96. The van der Waals surface area contributed by atoms with Crippen LogP contribution in [-0.4, -0.2) is 139 Å². The Hall–Kier alpha value is -5.41. The van der Waals surface area contributed by atoms with Crippen LogP contribution < -0.4 is 9.64 Å². The van der Waals surface area contributed by atoms with Crippen LogP contribution in [0.5, 0.6) is 11.5 Å². The number of likely N-dealkylation sites (N-methyl/N-ethyl adjacent to an activating group) is 1. The summed E-state index contributed by atoms with van der Waals surface area (Å²) in [4.78, 5) is 53.7. The average Bonchev–Trinajstić information content (AvgIpc) is 3.97. The van der Waals surface area contributed by atoms with Gasteiger partial charge in [-0.2, -0.15) is 0 Å². The molecular weight excluding hydrogens is 841 g/mol. The Bertz CT molecular complexity index is 2680. The quantitative estimate of drug-likeness (QED) is 0.101. The van der Waals surface area contributed by atoms with Crippen LogP contribution in [0.3, 0.4) is 0 Å². The van der Waals surface area contributed by atoms with Crippen molar-refractivity contribution in [2.45, 2.75) is 99.5 Å². The van der Waals surface area contributed by atoms with Gasteiger partial charge in [-0.1, -0.05) is 44.2 Å². The highest BCUT2D eigenvalue weighted by Crippen LogP contribution is 2.68. The van der Waals surface area contributed by atoms with Crippen molar-refractivity contribution in [3.63, 3.8) is 0 Å². The number of aromatic amines is 1. The van der Waals surface area contributed by atoms with Crippen molar-refractivity contribution in [3.8, 4) is 22.6 Å². The van der Waals surface area contributed by atoms with E-state index in [1.165, 1.54) is 21.1 Å². The Kier molecular flexibility index (Phi) is 10.5. The van der Waals surface area contributed by atoms with Gasteiger partial charge in [0.05, 0.1) is 33.0 Å². The zero-order valence-corrected chi connectivity index (χ0v) is 39.0. The lowest BCUT2D eigenvalue weighted by molar-refractivity contribution is -0.228. The molecule has 0 radical (unpaired) electrons. The molecule has 6 heterocycles. The number of esters is 3. The maximum absolute atomic E-state index is 15.6. The summed E-state index contributed by atoms with van der Waals surface area (Å²) < 4.78 is 24.1. The van der Waals surface area contributed by atoms with Crippen LogP contribution in [-0.2, 0) is 45.8 Å². The lowest BCUT2D eigenvalue weighted by Crippen LogP contribution is -2.81. The molecule has 5 aliphatic heterocycles. The number of ether oxygens (including phenoxy) is 4. The Balaban J connectivity index is 1.28. The fourth-order valence-corrected chi connectivity index (χ4v) is 14.4. The lowest BCUT2D eigenvalue weighted by Gasteiger charge is -2.63. The third-order valence-electron chi connectivity index (χ3n) is 16.9. The zero-order valence-electron chi connectivity index (χ0n) is 39.0. The fourth-order valence-electron chi connectivity index (χ4n) is 14.4. The van der Waals surface area contributed by atoms with Gasteiger partial charge >= 0.3 is 17.9 Å². The van der Waals surface area contributed by atoms with E-state index in [0.717, 1.165) is 33.2 Å². The molecular formula is C52H62N4O10. The standard InChI is InChI=1S/C52H62N4O10/c1-8-48(61)26-31-27-51(46(59)64-6,42-35(16-20-55(28-31)29-48)36-23-33(14-15-39(36)53-42)32-12-10-13-34(58)22-32)38-24-37-40(25-41(38)63-5)54(4)44-50(37)18-21-56-19-11-17-49(9-2,43(50)56)45(66-30(3)57)52(44,62)47(60)65-7/h10-15,17,22-25,31,43-45,53,58,61-62H,8-9,16,18-21,26-29H2,1-7H3/t31-,43+,44-,45-,48+,49-,50-,51+,52+/m1/s1. The first kappa shape index (κ1) is 44.4. The molecule has 2 bridgehead atoms. The number of aromatic hydroxyl groups is 1. The van der Waals surface area contributed by atoms with Crippen LogP contribution in [0.1, 0.15) is 75.3 Å². The number of nitrogens with one attached hydrogen (secondary N) is 1. The van der Waals surface area contributed by atoms with Crippen molar-refractivity contribution in [1.29, 1.82) is 0 Å². The fraction of sp³-hybridized carbons (Fsp3) is 0.519. The summed E-state index contributed by atoms with van der Waals surface area (Å²) in [6.07, 6.45) is 5.63. The minimum absolute atomic E-state index is 0.156. The monoisotopic (exact) mass is 902 g/mol. The van der Waals surface area contributed by atoms with Gasteiger partial charge in [0.1, 0.15) is 16.9 Å². The lowest BCUT2D eigenvalue weighted by atomic mass is 9.47. The van der Waals surface area contributed by atoms with E-state index in [4.69, 9.17) is 18.9 Å². The molecule has 3 fully saturated rings. The number of H-pyrrole nitrogens is 1.